The minimum absolute atomic E-state index is 0.0635. The van der Waals surface area contributed by atoms with E-state index in [0.29, 0.717) is 0 Å². The molecule has 0 heterocycles. The van der Waals surface area contributed by atoms with E-state index in [9.17, 15) is 5.11 Å². The summed E-state index contributed by atoms with van der Waals surface area (Å²) in [6.07, 6.45) is 8.32. The van der Waals surface area contributed by atoms with Crippen molar-refractivity contribution < 1.29 is 5.11 Å². The molecule has 0 spiro atoms. The van der Waals surface area contributed by atoms with Crippen LogP contribution in [0.25, 0.3) is 0 Å². The zero-order valence-corrected chi connectivity index (χ0v) is 12.4. The molecule has 2 atom stereocenters. The van der Waals surface area contributed by atoms with E-state index in [1.165, 1.54) is 11.5 Å². The summed E-state index contributed by atoms with van der Waals surface area (Å²) in [5.41, 5.74) is 2.29. The first kappa shape index (κ1) is 15.3. The van der Waals surface area contributed by atoms with E-state index in [0.717, 1.165) is 5.56 Å². The number of hydrogen-bond donors (Lipinski definition) is 2. The smallest absolute Gasteiger partial charge is 0.0626 e. The highest BCUT2D eigenvalue weighted by molar-refractivity contribution is 5.43. The highest BCUT2D eigenvalue weighted by Crippen LogP contribution is 2.36. The maximum Gasteiger partial charge on any atom is 0.0626 e. The van der Waals surface area contributed by atoms with E-state index in [4.69, 9.17) is 0 Å². The lowest BCUT2D eigenvalue weighted by molar-refractivity contribution is 0.235. The van der Waals surface area contributed by atoms with Crippen LogP contribution in [0.1, 0.15) is 23.2 Å². The Kier molecular flexibility index (Phi) is 5.25. The molecule has 0 amide bonds. The molecule has 2 N–H and O–H groups in total. The first-order valence-electron chi connectivity index (χ1n) is 7.57. The molecule has 1 fully saturated rings. The summed E-state index contributed by atoms with van der Waals surface area (Å²) in [6.45, 7) is 0.0635. The zero-order chi connectivity index (χ0) is 15.2. The summed E-state index contributed by atoms with van der Waals surface area (Å²) in [5, 5.41) is 13.4. The van der Waals surface area contributed by atoms with Crippen LogP contribution in [-0.2, 0) is 0 Å². The summed E-state index contributed by atoms with van der Waals surface area (Å²) in [6, 6.07) is 20.4. The van der Waals surface area contributed by atoms with Gasteiger partial charge >= 0.3 is 0 Å². The largest absolute Gasteiger partial charge is 0.394 e. The van der Waals surface area contributed by atoms with Gasteiger partial charge < -0.3 is 10.4 Å². The zero-order valence-electron chi connectivity index (χ0n) is 12.4. The van der Waals surface area contributed by atoms with Crippen LogP contribution in [0.5, 0.6) is 0 Å². The first-order valence-corrected chi connectivity index (χ1v) is 7.57. The lowest BCUT2D eigenvalue weighted by Crippen LogP contribution is -2.32. The Labute approximate surface area is 133 Å². The van der Waals surface area contributed by atoms with Crippen molar-refractivity contribution >= 4 is 0 Å². The van der Waals surface area contributed by atoms with E-state index in [1.54, 1.807) is 0 Å². The van der Waals surface area contributed by atoms with Gasteiger partial charge in [0.2, 0.25) is 0 Å². The second kappa shape index (κ2) is 7.57. The minimum atomic E-state index is -0.0960. The molecule has 0 saturated heterocycles. The molecule has 0 aliphatic heterocycles. The molecular weight excluding hydrogens is 270 g/mol. The van der Waals surface area contributed by atoms with Gasteiger partial charge in [0.05, 0.1) is 12.6 Å². The molecular formula is C20H20NO. The predicted octanol–water partition coefficient (Wildman–Crippen LogP) is 3.46. The molecule has 0 unspecified atom stereocenters. The SMILES string of the molecule is OC[C@H](N[C@@H]([C]1[CH][CH][CH][CH]1)c1ccccc1)c1ccccc1. The molecule has 2 aromatic carbocycles. The summed E-state index contributed by atoms with van der Waals surface area (Å²) in [7, 11) is 0. The van der Waals surface area contributed by atoms with Crippen molar-refractivity contribution in [1.29, 1.82) is 0 Å². The molecule has 2 nitrogen and oxygen atoms in total. The molecule has 1 aliphatic rings. The number of benzene rings is 2. The van der Waals surface area contributed by atoms with Gasteiger partial charge in [0, 0.05) is 12.0 Å². The van der Waals surface area contributed by atoms with E-state index >= 15 is 0 Å². The molecule has 1 aliphatic carbocycles. The van der Waals surface area contributed by atoms with Crippen molar-refractivity contribution in [3.63, 3.8) is 0 Å². The van der Waals surface area contributed by atoms with Gasteiger partial charge in [-0.1, -0.05) is 60.7 Å². The molecule has 1 saturated carbocycles. The van der Waals surface area contributed by atoms with Gasteiger partial charge in [0.1, 0.15) is 0 Å². The molecule has 0 aromatic heterocycles. The average molecular weight is 290 g/mol. The topological polar surface area (TPSA) is 32.3 Å². The van der Waals surface area contributed by atoms with Crippen LogP contribution in [-0.4, -0.2) is 11.7 Å². The fourth-order valence-corrected chi connectivity index (χ4v) is 2.75. The van der Waals surface area contributed by atoms with Gasteiger partial charge in [-0.05, 0) is 36.8 Å². The third kappa shape index (κ3) is 3.57. The fraction of sp³-hybridized carbons (Fsp3) is 0.150. The van der Waals surface area contributed by atoms with Gasteiger partial charge in [-0.25, -0.2) is 0 Å². The average Bonchev–Trinajstić information content (AvgIpc) is 3.12. The van der Waals surface area contributed by atoms with Gasteiger partial charge in [-0.3, -0.25) is 0 Å². The van der Waals surface area contributed by atoms with Gasteiger partial charge in [0.25, 0.3) is 0 Å². The second-order valence-corrected chi connectivity index (χ2v) is 5.37. The molecule has 5 radical (unpaired) electrons. The number of aliphatic hydroxyl groups is 1. The number of hydrogen-bond acceptors (Lipinski definition) is 2. The predicted molar refractivity (Wildman–Crippen MR) is 89.0 cm³/mol. The summed E-state index contributed by atoms with van der Waals surface area (Å²) in [5.74, 6) is 1.21. The van der Waals surface area contributed by atoms with E-state index < -0.39 is 0 Å². The van der Waals surface area contributed by atoms with Crippen LogP contribution in [0, 0.1) is 31.6 Å². The van der Waals surface area contributed by atoms with Crippen LogP contribution in [0.15, 0.2) is 60.7 Å². The van der Waals surface area contributed by atoms with Crippen molar-refractivity contribution in [3.8, 4) is 0 Å². The van der Waals surface area contributed by atoms with Crippen LogP contribution >= 0.6 is 0 Å². The summed E-state index contributed by atoms with van der Waals surface area (Å²) >= 11 is 0. The van der Waals surface area contributed by atoms with Crippen LogP contribution < -0.4 is 5.32 Å². The van der Waals surface area contributed by atoms with Crippen LogP contribution in [0.3, 0.4) is 0 Å². The van der Waals surface area contributed by atoms with Gasteiger partial charge in [0.15, 0.2) is 0 Å². The monoisotopic (exact) mass is 290 g/mol. The number of aliphatic hydroxyl groups excluding tert-OH is 1. The first-order chi connectivity index (χ1) is 10.9. The lowest BCUT2D eigenvalue weighted by atomic mass is 9.90. The van der Waals surface area contributed by atoms with Crippen LogP contribution in [0.2, 0.25) is 0 Å². The summed E-state index contributed by atoms with van der Waals surface area (Å²) < 4.78 is 0. The molecule has 2 aromatic rings. The van der Waals surface area contributed by atoms with Crippen molar-refractivity contribution in [2.75, 3.05) is 6.61 Å². The Hall–Kier alpha value is -1.64. The van der Waals surface area contributed by atoms with E-state index in [2.05, 4.69) is 30.3 Å². The van der Waals surface area contributed by atoms with Crippen molar-refractivity contribution in [2.45, 2.75) is 12.1 Å². The molecule has 3 rings (SSSR count). The lowest BCUT2D eigenvalue weighted by Gasteiger charge is -2.29. The Morgan fingerprint density at radius 3 is 1.86 bits per heavy atom. The third-order valence-electron chi connectivity index (χ3n) is 3.91. The number of rotatable bonds is 6. The Balaban J connectivity index is 1.82. The van der Waals surface area contributed by atoms with Gasteiger partial charge in [-0.2, -0.15) is 0 Å². The fourth-order valence-electron chi connectivity index (χ4n) is 2.75. The van der Waals surface area contributed by atoms with Crippen LogP contribution in [0.4, 0.5) is 0 Å². The van der Waals surface area contributed by atoms with Crippen molar-refractivity contribution in [3.05, 3.63) is 103 Å². The van der Waals surface area contributed by atoms with Crippen molar-refractivity contribution in [1.82, 2.24) is 5.32 Å². The highest BCUT2D eigenvalue weighted by Gasteiger charge is 2.29. The Morgan fingerprint density at radius 1 is 0.773 bits per heavy atom. The standard InChI is InChI=1S/C20H20NO/c22-15-19(16-9-3-1-4-10-16)21-20(18-13-7-8-14-18)17-11-5-2-6-12-17/h1-14,19-22H,15H2/t19-,20+/m0/s1. The maximum absolute atomic E-state index is 9.81. The molecule has 2 heteroatoms. The molecule has 22 heavy (non-hydrogen) atoms. The normalized spacial score (nSPS) is 18.2. The maximum atomic E-state index is 9.81. The minimum Gasteiger partial charge on any atom is -0.394 e. The van der Waals surface area contributed by atoms with Crippen molar-refractivity contribution in [2.24, 2.45) is 0 Å². The summed E-state index contributed by atoms with van der Waals surface area (Å²) in [4.78, 5) is 0. The second-order valence-electron chi connectivity index (χ2n) is 5.37. The third-order valence-corrected chi connectivity index (χ3v) is 3.91. The quantitative estimate of drug-likeness (QED) is 0.854. The van der Waals surface area contributed by atoms with Gasteiger partial charge in [-0.15, -0.1) is 0 Å². The Morgan fingerprint density at radius 2 is 1.32 bits per heavy atom. The molecule has 111 valence electrons. The Bertz CT molecular complexity index is 548. The van der Waals surface area contributed by atoms with E-state index in [1.807, 2.05) is 61.4 Å². The molecule has 0 bridgehead atoms. The highest BCUT2D eigenvalue weighted by atomic mass is 16.3. The number of nitrogens with one attached hydrogen (secondary N) is 1. The van der Waals surface area contributed by atoms with E-state index in [-0.39, 0.29) is 18.7 Å².